The molecule has 1 aromatic heterocycles. The average molecular weight is 359 g/mol. The highest BCUT2D eigenvalue weighted by atomic mass is 16.7. The first-order valence-corrected chi connectivity index (χ1v) is 7.89. The largest absolute Gasteiger partial charge is 0.457 e. The van der Waals surface area contributed by atoms with Gasteiger partial charge >= 0.3 is 11.7 Å². The van der Waals surface area contributed by atoms with Gasteiger partial charge in [0.1, 0.15) is 12.4 Å². The number of amides is 1. The number of nitrogens with zero attached hydrogens (tertiary/aromatic N) is 2. The summed E-state index contributed by atoms with van der Waals surface area (Å²) in [4.78, 5) is 38.7. The zero-order chi connectivity index (χ0) is 18.5. The van der Waals surface area contributed by atoms with Crippen molar-refractivity contribution in [3.8, 4) is 0 Å². The summed E-state index contributed by atoms with van der Waals surface area (Å²) in [5, 5.41) is 2.43. The average Bonchev–Trinajstić information content (AvgIpc) is 3.08. The fraction of sp³-hybridized carbons (Fsp3) is 0.294. The number of hydrogen-bond donors (Lipinski definition) is 1. The van der Waals surface area contributed by atoms with E-state index in [-0.39, 0.29) is 24.9 Å². The highest BCUT2D eigenvalue weighted by Gasteiger charge is 2.29. The van der Waals surface area contributed by atoms with E-state index in [0.29, 0.717) is 5.56 Å². The predicted molar refractivity (Wildman–Crippen MR) is 89.4 cm³/mol. The molecule has 3 rings (SSSR count). The maximum Gasteiger partial charge on any atom is 0.351 e. The van der Waals surface area contributed by atoms with E-state index in [1.807, 2.05) is 0 Å². The Kier molecular flexibility index (Phi) is 5.40. The fourth-order valence-corrected chi connectivity index (χ4v) is 2.36. The van der Waals surface area contributed by atoms with Gasteiger partial charge < -0.3 is 19.5 Å². The molecule has 1 fully saturated rings. The molecule has 9 heteroatoms. The molecule has 2 atom stereocenters. The van der Waals surface area contributed by atoms with Gasteiger partial charge in [0.15, 0.2) is 12.5 Å². The number of aromatic nitrogens is 2. The second-order valence-corrected chi connectivity index (χ2v) is 5.50. The van der Waals surface area contributed by atoms with Crippen LogP contribution in [-0.2, 0) is 19.0 Å². The summed E-state index contributed by atoms with van der Waals surface area (Å²) in [5.41, 5.74) is -0.164. The van der Waals surface area contributed by atoms with Gasteiger partial charge in [-0.2, -0.15) is 4.98 Å². The van der Waals surface area contributed by atoms with Gasteiger partial charge in [-0.05, 0) is 18.2 Å². The first-order valence-electron chi connectivity index (χ1n) is 7.89. The lowest BCUT2D eigenvalue weighted by Gasteiger charge is -2.14. The smallest absolute Gasteiger partial charge is 0.351 e. The molecule has 0 unspecified atom stereocenters. The van der Waals surface area contributed by atoms with E-state index in [1.54, 1.807) is 30.3 Å². The van der Waals surface area contributed by atoms with Gasteiger partial charge in [0.05, 0.1) is 12.2 Å². The highest BCUT2D eigenvalue weighted by Crippen LogP contribution is 2.20. The number of hydrogen-bond acceptors (Lipinski definition) is 7. The van der Waals surface area contributed by atoms with Crippen molar-refractivity contribution < 1.29 is 23.8 Å². The lowest BCUT2D eigenvalue weighted by atomic mass is 10.2. The van der Waals surface area contributed by atoms with E-state index in [2.05, 4.69) is 10.3 Å². The lowest BCUT2D eigenvalue weighted by Crippen LogP contribution is -2.29. The Morgan fingerprint density at radius 1 is 1.31 bits per heavy atom. The number of rotatable bonds is 5. The molecule has 26 heavy (non-hydrogen) atoms. The molecule has 1 saturated heterocycles. The van der Waals surface area contributed by atoms with Crippen molar-refractivity contribution in [1.82, 2.24) is 9.55 Å². The molecule has 136 valence electrons. The number of ether oxygens (including phenoxy) is 3. The molecule has 1 aromatic carbocycles. The summed E-state index contributed by atoms with van der Waals surface area (Å²) in [6, 6.07) is 10.0. The molecule has 1 aliphatic rings. The van der Waals surface area contributed by atoms with Gasteiger partial charge in [-0.15, -0.1) is 0 Å². The van der Waals surface area contributed by atoms with E-state index in [4.69, 9.17) is 14.2 Å². The van der Waals surface area contributed by atoms with Crippen LogP contribution < -0.4 is 11.0 Å². The molecule has 2 aromatic rings. The second kappa shape index (κ2) is 7.89. The number of carbonyl (C=O) groups excluding carboxylic acids is 2. The van der Waals surface area contributed by atoms with Crippen molar-refractivity contribution in [2.75, 3.05) is 18.5 Å². The topological polar surface area (TPSA) is 109 Å². The van der Waals surface area contributed by atoms with Gasteiger partial charge in [0.2, 0.25) is 5.91 Å². The summed E-state index contributed by atoms with van der Waals surface area (Å²) in [5.74, 6) is -0.652. The fourth-order valence-electron chi connectivity index (χ4n) is 2.36. The Labute approximate surface area is 148 Å². The van der Waals surface area contributed by atoms with Crippen LogP contribution in [0.4, 0.5) is 5.82 Å². The van der Waals surface area contributed by atoms with Crippen LogP contribution in [0.5, 0.6) is 0 Å². The molecular weight excluding hydrogens is 342 g/mol. The third-order valence-corrected chi connectivity index (χ3v) is 3.54. The molecule has 0 radical (unpaired) electrons. The Morgan fingerprint density at radius 3 is 2.77 bits per heavy atom. The van der Waals surface area contributed by atoms with E-state index in [1.165, 1.54) is 23.8 Å². The number of nitrogens with one attached hydrogen (secondary N) is 1. The Hall–Kier alpha value is -3.04. The SMILES string of the molecule is CC(=O)Nc1ccn([C@H]2CO[C@@H](COC(=O)c3ccccc3)O2)c(=O)n1. The number of benzene rings is 1. The minimum absolute atomic E-state index is 0.101. The van der Waals surface area contributed by atoms with Crippen molar-refractivity contribution in [3.05, 3.63) is 58.6 Å². The van der Waals surface area contributed by atoms with Gasteiger partial charge in [-0.25, -0.2) is 9.59 Å². The molecule has 1 amide bonds. The van der Waals surface area contributed by atoms with Gasteiger partial charge in [-0.1, -0.05) is 18.2 Å². The Morgan fingerprint density at radius 2 is 2.08 bits per heavy atom. The van der Waals surface area contributed by atoms with Crippen LogP contribution in [0.1, 0.15) is 23.5 Å². The molecule has 0 saturated carbocycles. The molecule has 1 aliphatic heterocycles. The van der Waals surface area contributed by atoms with E-state index >= 15 is 0 Å². The number of carbonyl (C=O) groups is 2. The minimum atomic E-state index is -0.783. The summed E-state index contributed by atoms with van der Waals surface area (Å²) >= 11 is 0. The summed E-state index contributed by atoms with van der Waals surface area (Å²) in [6.07, 6.45) is -0.0242. The van der Waals surface area contributed by atoms with Crippen molar-refractivity contribution >= 4 is 17.7 Å². The van der Waals surface area contributed by atoms with Crippen LogP contribution >= 0.6 is 0 Å². The van der Waals surface area contributed by atoms with Crippen LogP contribution in [0.3, 0.4) is 0 Å². The quantitative estimate of drug-likeness (QED) is 0.791. The number of esters is 1. The molecule has 0 spiro atoms. The molecule has 9 nitrogen and oxygen atoms in total. The molecule has 2 heterocycles. The predicted octanol–water partition coefficient (Wildman–Crippen LogP) is 0.930. The Balaban J connectivity index is 1.56. The molecule has 0 aliphatic carbocycles. The number of anilines is 1. The van der Waals surface area contributed by atoms with E-state index in [9.17, 15) is 14.4 Å². The molecule has 1 N–H and O–H groups in total. The minimum Gasteiger partial charge on any atom is -0.457 e. The lowest BCUT2D eigenvalue weighted by molar-refractivity contribution is -0.114. The van der Waals surface area contributed by atoms with Crippen molar-refractivity contribution in [2.45, 2.75) is 19.4 Å². The monoisotopic (exact) mass is 359 g/mol. The van der Waals surface area contributed by atoms with Crippen LogP contribution in [0.15, 0.2) is 47.4 Å². The van der Waals surface area contributed by atoms with Gasteiger partial charge in [-0.3, -0.25) is 9.36 Å². The third kappa shape index (κ3) is 4.32. The zero-order valence-electron chi connectivity index (χ0n) is 14.0. The summed E-state index contributed by atoms with van der Waals surface area (Å²) in [7, 11) is 0. The van der Waals surface area contributed by atoms with Crippen LogP contribution in [-0.4, -0.2) is 40.9 Å². The first-order chi connectivity index (χ1) is 12.5. The summed E-state index contributed by atoms with van der Waals surface area (Å²) in [6.45, 7) is 1.33. The Bertz CT molecular complexity index is 851. The van der Waals surface area contributed by atoms with E-state index < -0.39 is 24.2 Å². The van der Waals surface area contributed by atoms with Gasteiger partial charge in [0.25, 0.3) is 0 Å². The van der Waals surface area contributed by atoms with Crippen molar-refractivity contribution in [3.63, 3.8) is 0 Å². The zero-order valence-corrected chi connectivity index (χ0v) is 14.0. The third-order valence-electron chi connectivity index (χ3n) is 3.54. The van der Waals surface area contributed by atoms with Crippen LogP contribution in [0.2, 0.25) is 0 Å². The maximum atomic E-state index is 12.0. The highest BCUT2D eigenvalue weighted by molar-refractivity contribution is 5.89. The normalized spacial score (nSPS) is 19.1. The second-order valence-electron chi connectivity index (χ2n) is 5.50. The van der Waals surface area contributed by atoms with E-state index in [0.717, 1.165) is 0 Å². The molecule has 0 bridgehead atoms. The first kappa shape index (κ1) is 17.8. The van der Waals surface area contributed by atoms with Gasteiger partial charge in [0, 0.05) is 13.1 Å². The van der Waals surface area contributed by atoms with Crippen molar-refractivity contribution in [2.24, 2.45) is 0 Å². The van der Waals surface area contributed by atoms with Crippen LogP contribution in [0, 0.1) is 0 Å². The molecular formula is C17H17N3O6. The summed E-state index contributed by atoms with van der Waals surface area (Å²) < 4.78 is 17.4. The maximum absolute atomic E-state index is 12.0. The van der Waals surface area contributed by atoms with Crippen LogP contribution in [0.25, 0.3) is 0 Å². The standard InChI is InChI=1S/C17H17N3O6/c1-11(21)18-13-7-8-20(17(23)19-13)14-9-24-15(26-14)10-25-16(22)12-5-3-2-4-6-12/h2-8,14-15H,9-10H2,1H3,(H,18,19,21,23)/t14-,15-/m1/s1. The van der Waals surface area contributed by atoms with Crippen molar-refractivity contribution in [1.29, 1.82) is 0 Å².